The first-order chi connectivity index (χ1) is 4.13. The lowest BCUT2D eigenvalue weighted by Crippen LogP contribution is -2.30. The van der Waals surface area contributed by atoms with E-state index in [4.69, 9.17) is 5.73 Å². The van der Waals surface area contributed by atoms with Crippen molar-refractivity contribution in [2.24, 2.45) is 5.73 Å². The van der Waals surface area contributed by atoms with Gasteiger partial charge in [-0.3, -0.25) is 0 Å². The van der Waals surface area contributed by atoms with Crippen molar-refractivity contribution in [2.75, 3.05) is 6.54 Å². The molecule has 0 aromatic rings. The van der Waals surface area contributed by atoms with Crippen molar-refractivity contribution >= 4 is 17.3 Å². The Bertz CT molecular complexity index is 96.6. The van der Waals surface area contributed by atoms with E-state index in [0.29, 0.717) is 0 Å². The predicted molar refractivity (Wildman–Crippen MR) is 35.4 cm³/mol. The van der Waals surface area contributed by atoms with Gasteiger partial charge in [-0.1, -0.05) is 0 Å². The molecule has 0 fully saturated rings. The monoisotopic (exact) mass is 154 g/mol. The van der Waals surface area contributed by atoms with Gasteiger partial charge in [-0.25, -0.2) is 8.78 Å². The van der Waals surface area contributed by atoms with E-state index >= 15 is 0 Å². The summed E-state index contributed by atoms with van der Waals surface area (Å²) in [6.07, 6.45) is -2.50. The van der Waals surface area contributed by atoms with Crippen LogP contribution < -0.4 is 11.1 Å². The number of rotatable bonds is 3. The van der Waals surface area contributed by atoms with Crippen LogP contribution in [0, 0.1) is 0 Å². The number of halogens is 2. The molecule has 0 aliphatic heterocycles. The molecule has 0 aliphatic carbocycles. The summed E-state index contributed by atoms with van der Waals surface area (Å²) in [5, 5.41) is 2.47. The van der Waals surface area contributed by atoms with Gasteiger partial charge >= 0.3 is 0 Å². The van der Waals surface area contributed by atoms with Crippen molar-refractivity contribution in [2.45, 2.75) is 12.8 Å². The second kappa shape index (κ2) is 4.43. The first kappa shape index (κ1) is 8.55. The highest BCUT2D eigenvalue weighted by Crippen LogP contribution is 1.95. The zero-order valence-electron chi connectivity index (χ0n) is 4.73. The Morgan fingerprint density at radius 1 is 1.67 bits per heavy atom. The third kappa shape index (κ3) is 7.55. The van der Waals surface area contributed by atoms with Crippen LogP contribution >= 0.6 is 12.2 Å². The predicted octanol–water partition coefficient (Wildman–Crippen LogP) is 0.475. The molecular formula is C4H8F2N2S. The van der Waals surface area contributed by atoms with Crippen LogP contribution in [0.5, 0.6) is 0 Å². The molecule has 9 heavy (non-hydrogen) atoms. The topological polar surface area (TPSA) is 38.0 Å². The van der Waals surface area contributed by atoms with Gasteiger partial charge in [0.15, 0.2) is 5.11 Å². The number of hydrogen-bond acceptors (Lipinski definition) is 1. The van der Waals surface area contributed by atoms with Gasteiger partial charge in [0.05, 0.1) is 0 Å². The summed E-state index contributed by atoms with van der Waals surface area (Å²) in [7, 11) is 0. The highest BCUT2D eigenvalue weighted by molar-refractivity contribution is 7.80. The minimum absolute atomic E-state index is 0.0654. The fraction of sp³-hybridized carbons (Fsp3) is 0.750. The minimum atomic E-state index is -2.29. The highest BCUT2D eigenvalue weighted by Gasteiger charge is 1.99. The van der Waals surface area contributed by atoms with E-state index in [2.05, 4.69) is 17.5 Å². The average Bonchev–Trinajstić information content (AvgIpc) is 1.63. The Balaban J connectivity index is 3.01. The van der Waals surface area contributed by atoms with Crippen LogP contribution in [0.15, 0.2) is 0 Å². The van der Waals surface area contributed by atoms with E-state index in [1.165, 1.54) is 0 Å². The van der Waals surface area contributed by atoms with E-state index in [1.807, 2.05) is 0 Å². The first-order valence-electron chi connectivity index (χ1n) is 2.44. The van der Waals surface area contributed by atoms with Gasteiger partial charge in [0.1, 0.15) is 0 Å². The van der Waals surface area contributed by atoms with Crippen LogP contribution in [-0.2, 0) is 0 Å². The summed E-state index contributed by atoms with van der Waals surface area (Å²) >= 11 is 4.37. The molecule has 0 saturated carbocycles. The molecular weight excluding hydrogens is 146 g/mol. The zero-order chi connectivity index (χ0) is 7.28. The second-order valence-electron chi connectivity index (χ2n) is 1.47. The molecule has 0 aromatic heterocycles. The summed E-state index contributed by atoms with van der Waals surface area (Å²) in [6.45, 7) is 0.146. The number of thiocarbonyl (C=S) groups is 1. The Morgan fingerprint density at radius 2 is 2.22 bits per heavy atom. The minimum Gasteiger partial charge on any atom is -0.376 e. The Morgan fingerprint density at radius 3 is 2.56 bits per heavy atom. The first-order valence-corrected chi connectivity index (χ1v) is 2.85. The fourth-order valence-electron chi connectivity index (χ4n) is 0.304. The number of nitrogens with one attached hydrogen (secondary N) is 1. The molecule has 0 aromatic carbocycles. The van der Waals surface area contributed by atoms with Crippen LogP contribution in [0.3, 0.4) is 0 Å². The molecule has 0 heterocycles. The largest absolute Gasteiger partial charge is 0.376 e. The van der Waals surface area contributed by atoms with Gasteiger partial charge in [-0.2, -0.15) is 0 Å². The number of nitrogens with two attached hydrogens (primary N) is 1. The summed E-state index contributed by atoms with van der Waals surface area (Å²) in [5.74, 6) is 0. The lowest BCUT2D eigenvalue weighted by atomic mass is 10.4. The maximum atomic E-state index is 11.4. The maximum absolute atomic E-state index is 11.4. The lowest BCUT2D eigenvalue weighted by molar-refractivity contribution is 0.139. The molecule has 0 bridgehead atoms. The number of alkyl halides is 2. The maximum Gasteiger partial charge on any atom is 0.240 e. The Hall–Kier alpha value is -0.450. The van der Waals surface area contributed by atoms with Crippen molar-refractivity contribution in [3.05, 3.63) is 0 Å². The van der Waals surface area contributed by atoms with Gasteiger partial charge in [0, 0.05) is 13.0 Å². The molecule has 0 spiro atoms. The lowest BCUT2D eigenvalue weighted by Gasteiger charge is -2.00. The summed E-state index contributed by atoms with van der Waals surface area (Å²) < 4.78 is 22.7. The van der Waals surface area contributed by atoms with E-state index in [9.17, 15) is 8.78 Å². The molecule has 0 saturated heterocycles. The quantitative estimate of drug-likeness (QED) is 0.580. The van der Waals surface area contributed by atoms with Crippen LogP contribution in [0.2, 0.25) is 0 Å². The third-order valence-corrected chi connectivity index (χ3v) is 0.806. The molecule has 2 nitrogen and oxygen atoms in total. The fourth-order valence-corrected chi connectivity index (χ4v) is 0.407. The third-order valence-electron chi connectivity index (χ3n) is 0.662. The van der Waals surface area contributed by atoms with Crippen LogP contribution in [0.4, 0.5) is 8.78 Å². The SMILES string of the molecule is NC(=S)NCCC(F)F. The number of hydrogen-bond donors (Lipinski definition) is 2. The molecule has 3 N–H and O–H groups in total. The van der Waals surface area contributed by atoms with E-state index in [1.54, 1.807) is 0 Å². The van der Waals surface area contributed by atoms with E-state index < -0.39 is 6.43 Å². The summed E-state index contributed by atoms with van der Waals surface area (Å²) in [6, 6.07) is 0. The molecule has 5 heteroatoms. The zero-order valence-corrected chi connectivity index (χ0v) is 5.55. The van der Waals surface area contributed by atoms with Gasteiger partial charge in [-0.15, -0.1) is 0 Å². The Labute approximate surface area is 57.4 Å². The molecule has 0 aliphatic rings. The van der Waals surface area contributed by atoms with Crippen LogP contribution in [0.1, 0.15) is 6.42 Å². The highest BCUT2D eigenvalue weighted by atomic mass is 32.1. The van der Waals surface area contributed by atoms with Gasteiger partial charge in [0.25, 0.3) is 0 Å². The second-order valence-corrected chi connectivity index (χ2v) is 1.91. The normalized spacial score (nSPS) is 9.67. The van der Waals surface area contributed by atoms with Gasteiger partial charge in [-0.05, 0) is 12.2 Å². The van der Waals surface area contributed by atoms with Crippen molar-refractivity contribution in [1.29, 1.82) is 0 Å². The molecule has 54 valence electrons. The van der Waals surface area contributed by atoms with Crippen molar-refractivity contribution in [3.8, 4) is 0 Å². The van der Waals surface area contributed by atoms with Gasteiger partial charge < -0.3 is 11.1 Å². The molecule has 0 rings (SSSR count). The van der Waals surface area contributed by atoms with Crippen molar-refractivity contribution in [1.82, 2.24) is 5.32 Å². The van der Waals surface area contributed by atoms with Crippen molar-refractivity contribution < 1.29 is 8.78 Å². The molecule has 0 atom stereocenters. The molecule has 0 amide bonds. The standard InChI is InChI=1S/C4H8F2N2S/c5-3(6)1-2-8-4(7)9/h3H,1-2H2,(H3,7,8,9). The van der Waals surface area contributed by atoms with Gasteiger partial charge in [0.2, 0.25) is 6.43 Å². The van der Waals surface area contributed by atoms with Crippen LogP contribution in [0.25, 0.3) is 0 Å². The summed E-state index contributed by atoms with van der Waals surface area (Å²) in [4.78, 5) is 0. The van der Waals surface area contributed by atoms with Crippen LogP contribution in [-0.4, -0.2) is 18.1 Å². The van der Waals surface area contributed by atoms with E-state index in [-0.39, 0.29) is 18.1 Å². The molecule has 0 unspecified atom stereocenters. The Kier molecular flexibility index (Phi) is 4.21. The van der Waals surface area contributed by atoms with Crippen molar-refractivity contribution in [3.63, 3.8) is 0 Å². The average molecular weight is 154 g/mol. The smallest absolute Gasteiger partial charge is 0.240 e. The van der Waals surface area contributed by atoms with E-state index in [0.717, 1.165) is 0 Å². The molecule has 0 radical (unpaired) electrons. The summed E-state index contributed by atoms with van der Waals surface area (Å²) in [5.41, 5.74) is 4.95.